The molecule has 33 heavy (non-hydrogen) atoms. The van der Waals surface area contributed by atoms with E-state index in [9.17, 15) is 23.1 Å². The van der Waals surface area contributed by atoms with Gasteiger partial charge in [-0.15, -0.1) is 0 Å². The molecule has 172 valence electrons. The van der Waals surface area contributed by atoms with Crippen LogP contribution in [0.3, 0.4) is 0 Å². The first kappa shape index (κ1) is 22.4. The molecule has 0 saturated carbocycles. The van der Waals surface area contributed by atoms with Crippen LogP contribution in [0.15, 0.2) is 59.1 Å². The van der Waals surface area contributed by atoms with Gasteiger partial charge in [0.1, 0.15) is 29.3 Å². The summed E-state index contributed by atoms with van der Waals surface area (Å²) in [4.78, 5) is 15.9. The smallest absolute Gasteiger partial charge is 0.416 e. The van der Waals surface area contributed by atoms with E-state index in [1.807, 2.05) is 6.07 Å². The fourth-order valence-corrected chi connectivity index (χ4v) is 3.44. The van der Waals surface area contributed by atoms with E-state index in [1.165, 1.54) is 12.1 Å². The largest absolute Gasteiger partial charge is 0.487 e. The molecule has 2 aromatic heterocycles. The number of hydrogen-bond acceptors (Lipinski definition) is 4. The van der Waals surface area contributed by atoms with Crippen molar-refractivity contribution in [2.45, 2.75) is 39.1 Å². The average Bonchev–Trinajstić information content (AvgIpc) is 3.35. The molecule has 0 radical (unpaired) electrons. The van der Waals surface area contributed by atoms with Crippen molar-refractivity contribution in [1.29, 1.82) is 0 Å². The van der Waals surface area contributed by atoms with Gasteiger partial charge < -0.3 is 18.8 Å². The van der Waals surface area contributed by atoms with Gasteiger partial charge >= 0.3 is 12.1 Å². The summed E-state index contributed by atoms with van der Waals surface area (Å²) >= 11 is 0. The summed E-state index contributed by atoms with van der Waals surface area (Å²) in [5.74, 6) is 0.334. The molecule has 4 aromatic rings. The van der Waals surface area contributed by atoms with Crippen LogP contribution in [0.1, 0.15) is 30.9 Å². The summed E-state index contributed by atoms with van der Waals surface area (Å²) in [6.45, 7) is 5.06. The number of halogens is 3. The Balaban J connectivity index is 1.51. The number of oxazole rings is 1. The molecule has 0 unspecified atom stereocenters. The van der Waals surface area contributed by atoms with Crippen molar-refractivity contribution in [3.05, 3.63) is 71.7 Å². The third kappa shape index (κ3) is 4.30. The van der Waals surface area contributed by atoms with Crippen LogP contribution in [0, 0.1) is 6.92 Å². The molecule has 6 nitrogen and oxygen atoms in total. The fourth-order valence-electron chi connectivity index (χ4n) is 3.44. The zero-order valence-corrected chi connectivity index (χ0v) is 18.1. The Kier molecular flexibility index (Phi) is 5.43. The summed E-state index contributed by atoms with van der Waals surface area (Å²) in [6, 6.07) is 11.7. The minimum atomic E-state index is -4.41. The van der Waals surface area contributed by atoms with E-state index < -0.39 is 23.2 Å². The molecule has 4 rings (SSSR count). The second-order valence-electron chi connectivity index (χ2n) is 8.16. The maximum absolute atomic E-state index is 12.8. The lowest BCUT2D eigenvalue weighted by Gasteiger charge is -2.23. The number of carboxylic acid groups (broad SMARTS) is 1. The monoisotopic (exact) mass is 458 g/mol. The van der Waals surface area contributed by atoms with E-state index in [0.717, 1.165) is 23.0 Å². The molecule has 0 amide bonds. The molecule has 2 aromatic carbocycles. The molecule has 0 fully saturated rings. The Morgan fingerprint density at radius 3 is 2.45 bits per heavy atom. The van der Waals surface area contributed by atoms with Gasteiger partial charge in [0.2, 0.25) is 5.89 Å². The molecule has 0 atom stereocenters. The standard InChI is InChI=1S/C24H21F3N2O4/c1-14-19(28-21(33-14)15-4-6-17(7-5-15)24(25,26)27)13-32-18-8-9-20-16(12-18)10-11-29(20)23(2,3)22(30)31/h4-12H,13H2,1-3H3,(H,30,31). The van der Waals surface area contributed by atoms with Gasteiger partial charge in [0.15, 0.2) is 0 Å². The summed E-state index contributed by atoms with van der Waals surface area (Å²) in [5.41, 5.74) is -0.127. The number of alkyl halides is 3. The Labute approximate surface area is 187 Å². The minimum absolute atomic E-state index is 0.100. The Hall–Kier alpha value is -3.75. The highest BCUT2D eigenvalue weighted by molar-refractivity contribution is 5.85. The van der Waals surface area contributed by atoms with Crippen LogP contribution in [0.2, 0.25) is 0 Å². The zero-order chi connectivity index (χ0) is 24.0. The Morgan fingerprint density at radius 2 is 1.82 bits per heavy atom. The van der Waals surface area contributed by atoms with Gasteiger partial charge in [0.25, 0.3) is 0 Å². The Bertz CT molecular complexity index is 1320. The molecule has 0 aliphatic rings. The van der Waals surface area contributed by atoms with Gasteiger partial charge in [-0.25, -0.2) is 9.78 Å². The number of aliphatic carboxylic acids is 1. The lowest BCUT2D eigenvalue weighted by molar-refractivity contribution is -0.145. The van der Waals surface area contributed by atoms with Crippen molar-refractivity contribution in [1.82, 2.24) is 9.55 Å². The summed E-state index contributed by atoms with van der Waals surface area (Å²) < 4.78 is 51.4. The predicted molar refractivity (Wildman–Crippen MR) is 115 cm³/mol. The lowest BCUT2D eigenvalue weighted by Crippen LogP contribution is -2.34. The molecular formula is C24H21F3N2O4. The maximum atomic E-state index is 12.8. The van der Waals surface area contributed by atoms with Gasteiger partial charge in [-0.05, 0) is 69.3 Å². The van der Waals surface area contributed by atoms with Gasteiger partial charge in [-0.2, -0.15) is 13.2 Å². The number of ether oxygens (including phenoxy) is 1. The molecular weight excluding hydrogens is 437 g/mol. The third-order valence-corrected chi connectivity index (χ3v) is 5.51. The second kappa shape index (κ2) is 7.99. The maximum Gasteiger partial charge on any atom is 0.416 e. The number of hydrogen-bond donors (Lipinski definition) is 1. The van der Waals surface area contributed by atoms with E-state index in [1.54, 1.807) is 49.7 Å². The lowest BCUT2D eigenvalue weighted by atomic mass is 10.1. The highest BCUT2D eigenvalue weighted by atomic mass is 19.4. The van der Waals surface area contributed by atoms with Crippen LogP contribution in [0.4, 0.5) is 13.2 Å². The Morgan fingerprint density at radius 1 is 1.12 bits per heavy atom. The molecule has 0 saturated heterocycles. The van der Waals surface area contributed by atoms with Crippen LogP contribution < -0.4 is 4.74 Å². The fraction of sp³-hybridized carbons (Fsp3) is 0.250. The van der Waals surface area contributed by atoms with Crippen LogP contribution >= 0.6 is 0 Å². The second-order valence-corrected chi connectivity index (χ2v) is 8.16. The number of nitrogens with zero attached hydrogens (tertiary/aromatic N) is 2. The normalized spacial score (nSPS) is 12.3. The van der Waals surface area contributed by atoms with E-state index in [-0.39, 0.29) is 12.5 Å². The van der Waals surface area contributed by atoms with E-state index in [2.05, 4.69) is 4.98 Å². The van der Waals surface area contributed by atoms with E-state index >= 15 is 0 Å². The molecule has 0 bridgehead atoms. The van der Waals surface area contributed by atoms with Crippen LogP contribution in [-0.2, 0) is 23.1 Å². The molecule has 1 N–H and O–H groups in total. The topological polar surface area (TPSA) is 77.5 Å². The van der Waals surface area contributed by atoms with Crippen molar-refractivity contribution >= 4 is 16.9 Å². The molecule has 2 heterocycles. The third-order valence-electron chi connectivity index (χ3n) is 5.51. The zero-order valence-electron chi connectivity index (χ0n) is 18.1. The molecule has 0 aliphatic heterocycles. The van der Waals surface area contributed by atoms with Gasteiger partial charge in [-0.3, -0.25) is 0 Å². The molecule has 9 heteroatoms. The molecule has 0 spiro atoms. The van der Waals surface area contributed by atoms with Gasteiger partial charge in [0.05, 0.1) is 5.56 Å². The average molecular weight is 458 g/mol. The predicted octanol–water partition coefficient (Wildman–Crippen LogP) is 6.02. The van der Waals surface area contributed by atoms with Gasteiger partial charge in [0, 0.05) is 22.7 Å². The first-order valence-electron chi connectivity index (χ1n) is 10.1. The number of carbonyl (C=O) groups is 1. The summed E-state index contributed by atoms with van der Waals surface area (Å²) in [5, 5.41) is 10.3. The number of rotatable bonds is 6. The van der Waals surface area contributed by atoms with Crippen molar-refractivity contribution in [2.75, 3.05) is 0 Å². The van der Waals surface area contributed by atoms with Crippen molar-refractivity contribution in [2.24, 2.45) is 0 Å². The highest BCUT2D eigenvalue weighted by Gasteiger charge is 2.31. The number of aryl methyl sites for hydroxylation is 1. The quantitative estimate of drug-likeness (QED) is 0.382. The van der Waals surface area contributed by atoms with Crippen LogP contribution in [0.5, 0.6) is 5.75 Å². The molecule has 0 aliphatic carbocycles. The highest BCUT2D eigenvalue weighted by Crippen LogP contribution is 2.32. The van der Waals surface area contributed by atoms with Gasteiger partial charge in [-0.1, -0.05) is 0 Å². The van der Waals surface area contributed by atoms with Crippen LogP contribution in [-0.4, -0.2) is 20.6 Å². The first-order valence-corrected chi connectivity index (χ1v) is 10.1. The van der Waals surface area contributed by atoms with Crippen molar-refractivity contribution in [3.63, 3.8) is 0 Å². The SMILES string of the molecule is Cc1oc(-c2ccc(C(F)(F)F)cc2)nc1COc1ccc2c(ccn2C(C)(C)C(=O)O)c1. The van der Waals surface area contributed by atoms with Crippen LogP contribution in [0.25, 0.3) is 22.4 Å². The number of carboxylic acids is 1. The van der Waals surface area contributed by atoms with Crippen molar-refractivity contribution < 1.29 is 32.2 Å². The number of benzene rings is 2. The minimum Gasteiger partial charge on any atom is -0.487 e. The van der Waals surface area contributed by atoms with E-state index in [4.69, 9.17) is 9.15 Å². The number of aromatic nitrogens is 2. The number of fused-ring (bicyclic) bond motifs is 1. The summed E-state index contributed by atoms with van der Waals surface area (Å²) in [6.07, 6.45) is -2.68. The van der Waals surface area contributed by atoms with E-state index in [0.29, 0.717) is 22.8 Å². The first-order chi connectivity index (χ1) is 15.5. The summed E-state index contributed by atoms with van der Waals surface area (Å²) in [7, 11) is 0. The van der Waals surface area contributed by atoms with Crippen molar-refractivity contribution in [3.8, 4) is 17.2 Å².